The van der Waals surface area contributed by atoms with E-state index in [4.69, 9.17) is 19.9 Å². The number of ether oxygens (including phenoxy) is 3. The number of nitrogens with two attached hydrogens (primary N) is 1. The zero-order chi connectivity index (χ0) is 24.0. The largest absolute Gasteiger partial charge is 0.480 e. The number of nitrogens with zero attached hydrogens (tertiary/aromatic N) is 2. The molecule has 0 radical (unpaired) electrons. The standard InChI is InChI=1S/C23H19BrN4O5S/c1-12-32-20-6-4-16(10-21(20)33-12)34(29,30)28-19-9-15(11-26-23(19)31-2)13-3-5-18-14(7-13)8-17(24)22(25)27-18/h3-12,28H,1-2H3,(H2,25,27). The number of sulfonamides is 1. The highest BCUT2D eigenvalue weighted by Gasteiger charge is 2.25. The van der Waals surface area contributed by atoms with Crippen LogP contribution in [0.1, 0.15) is 6.92 Å². The molecule has 1 unspecified atom stereocenters. The molecule has 11 heteroatoms. The molecule has 0 amide bonds. The van der Waals surface area contributed by atoms with Gasteiger partial charge in [-0.1, -0.05) is 6.07 Å². The van der Waals surface area contributed by atoms with Crippen molar-refractivity contribution in [3.8, 4) is 28.5 Å². The predicted molar refractivity (Wildman–Crippen MR) is 132 cm³/mol. The van der Waals surface area contributed by atoms with Crippen LogP contribution in [-0.2, 0) is 10.0 Å². The third kappa shape index (κ3) is 4.08. The van der Waals surface area contributed by atoms with Crippen LogP contribution in [0.5, 0.6) is 17.4 Å². The molecule has 4 aromatic rings. The van der Waals surface area contributed by atoms with Crippen LogP contribution in [0.4, 0.5) is 11.5 Å². The third-order valence-corrected chi connectivity index (χ3v) is 7.23. The summed E-state index contributed by atoms with van der Waals surface area (Å²) in [5.41, 5.74) is 8.31. The van der Waals surface area contributed by atoms with Gasteiger partial charge in [-0.2, -0.15) is 0 Å². The van der Waals surface area contributed by atoms with Crippen molar-refractivity contribution < 1.29 is 22.6 Å². The molecular formula is C23H19BrN4O5S. The Balaban J connectivity index is 1.51. The summed E-state index contributed by atoms with van der Waals surface area (Å²) in [5, 5.41) is 0.867. The van der Waals surface area contributed by atoms with Crippen molar-refractivity contribution in [2.75, 3.05) is 17.6 Å². The van der Waals surface area contributed by atoms with E-state index in [-0.39, 0.29) is 16.5 Å². The second-order valence-corrected chi connectivity index (χ2v) is 10.1. The highest BCUT2D eigenvalue weighted by Crippen LogP contribution is 2.37. The van der Waals surface area contributed by atoms with Crippen molar-refractivity contribution in [3.63, 3.8) is 0 Å². The zero-order valence-electron chi connectivity index (χ0n) is 18.1. The summed E-state index contributed by atoms with van der Waals surface area (Å²) < 4.78 is 45.8. The highest BCUT2D eigenvalue weighted by atomic mass is 79.9. The van der Waals surface area contributed by atoms with Crippen molar-refractivity contribution in [1.29, 1.82) is 0 Å². The van der Waals surface area contributed by atoms with E-state index in [1.807, 2.05) is 24.3 Å². The Kier molecular flexibility index (Phi) is 5.45. The number of hydrogen-bond acceptors (Lipinski definition) is 8. The number of aromatic nitrogens is 2. The van der Waals surface area contributed by atoms with Crippen molar-refractivity contribution in [2.24, 2.45) is 0 Å². The van der Waals surface area contributed by atoms with E-state index in [9.17, 15) is 8.42 Å². The van der Waals surface area contributed by atoms with Gasteiger partial charge in [-0.05, 0) is 57.9 Å². The molecule has 2 aromatic heterocycles. The zero-order valence-corrected chi connectivity index (χ0v) is 20.5. The second-order valence-electron chi connectivity index (χ2n) is 7.56. The molecule has 34 heavy (non-hydrogen) atoms. The predicted octanol–water partition coefficient (Wildman–Crippen LogP) is 4.57. The summed E-state index contributed by atoms with van der Waals surface area (Å²) in [5.74, 6) is 1.40. The summed E-state index contributed by atoms with van der Waals surface area (Å²) in [4.78, 5) is 8.67. The molecule has 1 aliphatic heterocycles. The first kappa shape index (κ1) is 22.2. The second kappa shape index (κ2) is 8.33. The van der Waals surface area contributed by atoms with Gasteiger partial charge in [0.1, 0.15) is 11.5 Å². The third-order valence-electron chi connectivity index (χ3n) is 5.23. The molecule has 174 valence electrons. The SMILES string of the molecule is COc1ncc(-c2ccc3nc(N)c(Br)cc3c2)cc1NS(=O)(=O)c1ccc2c(c1)OC(C)O2. The molecule has 0 saturated carbocycles. The van der Waals surface area contributed by atoms with E-state index in [1.54, 1.807) is 25.3 Å². The molecule has 3 heterocycles. The minimum atomic E-state index is -3.96. The molecule has 0 aliphatic carbocycles. The number of pyridine rings is 2. The lowest BCUT2D eigenvalue weighted by Gasteiger charge is -2.13. The summed E-state index contributed by atoms with van der Waals surface area (Å²) in [6.07, 6.45) is 1.13. The number of benzene rings is 2. The van der Waals surface area contributed by atoms with E-state index in [1.165, 1.54) is 19.2 Å². The van der Waals surface area contributed by atoms with Crippen LogP contribution in [0.15, 0.2) is 64.1 Å². The molecule has 0 bridgehead atoms. The first-order valence-electron chi connectivity index (χ1n) is 10.1. The Hall–Kier alpha value is -3.57. The average Bonchev–Trinajstić information content (AvgIpc) is 3.18. The number of nitrogen functional groups attached to an aromatic ring is 1. The van der Waals surface area contributed by atoms with Crippen LogP contribution < -0.4 is 24.7 Å². The fraction of sp³-hybridized carbons (Fsp3) is 0.130. The maximum absolute atomic E-state index is 13.1. The van der Waals surface area contributed by atoms with Crippen LogP contribution in [0.25, 0.3) is 22.0 Å². The lowest BCUT2D eigenvalue weighted by Crippen LogP contribution is -2.14. The Morgan fingerprint density at radius 1 is 1.06 bits per heavy atom. The minimum absolute atomic E-state index is 0.0237. The number of anilines is 2. The Morgan fingerprint density at radius 3 is 2.65 bits per heavy atom. The van der Waals surface area contributed by atoms with Gasteiger partial charge in [0.2, 0.25) is 12.2 Å². The number of methoxy groups -OCH3 is 1. The summed E-state index contributed by atoms with van der Waals surface area (Å²) >= 11 is 3.39. The fourth-order valence-electron chi connectivity index (χ4n) is 3.62. The number of halogens is 1. The lowest BCUT2D eigenvalue weighted by molar-refractivity contribution is 0.0678. The Morgan fingerprint density at radius 2 is 1.85 bits per heavy atom. The van der Waals surface area contributed by atoms with Crippen LogP contribution in [0.2, 0.25) is 0 Å². The molecule has 0 fully saturated rings. The van der Waals surface area contributed by atoms with Gasteiger partial charge in [-0.15, -0.1) is 0 Å². The van der Waals surface area contributed by atoms with Gasteiger partial charge < -0.3 is 19.9 Å². The van der Waals surface area contributed by atoms with Crippen molar-refractivity contribution in [3.05, 3.63) is 59.2 Å². The quantitative estimate of drug-likeness (QED) is 0.375. The van der Waals surface area contributed by atoms with Gasteiger partial charge in [-0.3, -0.25) is 4.72 Å². The molecule has 5 rings (SSSR count). The van der Waals surface area contributed by atoms with Crippen LogP contribution in [-0.4, -0.2) is 31.8 Å². The van der Waals surface area contributed by atoms with Crippen LogP contribution in [0, 0.1) is 0 Å². The summed E-state index contributed by atoms with van der Waals surface area (Å²) in [6, 6.07) is 13.6. The number of hydrogen-bond donors (Lipinski definition) is 2. The number of rotatable bonds is 5. The normalized spacial score (nSPS) is 14.9. The first-order valence-corrected chi connectivity index (χ1v) is 12.4. The van der Waals surface area contributed by atoms with E-state index >= 15 is 0 Å². The van der Waals surface area contributed by atoms with E-state index in [0.717, 1.165) is 16.5 Å². The average molecular weight is 543 g/mol. The smallest absolute Gasteiger partial charge is 0.262 e. The van der Waals surface area contributed by atoms with Crippen molar-refractivity contribution in [2.45, 2.75) is 18.1 Å². The molecule has 9 nitrogen and oxygen atoms in total. The molecule has 0 saturated heterocycles. The van der Waals surface area contributed by atoms with E-state index < -0.39 is 16.3 Å². The molecule has 0 spiro atoms. The fourth-order valence-corrected chi connectivity index (χ4v) is 5.02. The molecule has 1 aliphatic rings. The number of nitrogens with one attached hydrogen (secondary N) is 1. The van der Waals surface area contributed by atoms with Crippen molar-refractivity contribution >= 4 is 48.4 Å². The van der Waals surface area contributed by atoms with Gasteiger partial charge >= 0.3 is 0 Å². The minimum Gasteiger partial charge on any atom is -0.480 e. The summed E-state index contributed by atoms with van der Waals surface area (Å²) in [7, 11) is -2.54. The van der Waals surface area contributed by atoms with E-state index in [2.05, 4.69) is 30.6 Å². The molecule has 2 aromatic carbocycles. The molecular weight excluding hydrogens is 524 g/mol. The van der Waals surface area contributed by atoms with Gasteiger partial charge in [0.05, 0.1) is 22.0 Å². The highest BCUT2D eigenvalue weighted by molar-refractivity contribution is 9.10. The molecule has 1 atom stereocenters. The Bertz CT molecular complexity index is 1540. The van der Waals surface area contributed by atoms with Crippen LogP contribution in [0.3, 0.4) is 0 Å². The maximum atomic E-state index is 13.1. The van der Waals surface area contributed by atoms with E-state index in [0.29, 0.717) is 27.4 Å². The molecule has 3 N–H and O–H groups in total. The Labute approximate surface area is 204 Å². The lowest BCUT2D eigenvalue weighted by atomic mass is 10.0. The van der Waals surface area contributed by atoms with Crippen molar-refractivity contribution in [1.82, 2.24) is 9.97 Å². The maximum Gasteiger partial charge on any atom is 0.262 e. The number of fused-ring (bicyclic) bond motifs is 2. The topological polar surface area (TPSA) is 126 Å². The van der Waals surface area contributed by atoms with Gasteiger partial charge in [0.25, 0.3) is 10.0 Å². The monoisotopic (exact) mass is 542 g/mol. The van der Waals surface area contributed by atoms with Gasteiger partial charge in [-0.25, -0.2) is 18.4 Å². The van der Waals surface area contributed by atoms with Crippen LogP contribution >= 0.6 is 15.9 Å². The summed E-state index contributed by atoms with van der Waals surface area (Å²) in [6.45, 7) is 1.73. The van der Waals surface area contributed by atoms with Gasteiger partial charge in [0.15, 0.2) is 11.5 Å². The van der Waals surface area contributed by atoms with Gasteiger partial charge in [0, 0.05) is 30.1 Å². The first-order chi connectivity index (χ1) is 16.2.